The van der Waals surface area contributed by atoms with Gasteiger partial charge in [0.25, 0.3) is 0 Å². The minimum absolute atomic E-state index is 0.0459. The quantitative estimate of drug-likeness (QED) is 0.462. The van der Waals surface area contributed by atoms with Crippen molar-refractivity contribution in [2.45, 2.75) is 69.0 Å². The van der Waals surface area contributed by atoms with Crippen LogP contribution in [0.25, 0.3) is 0 Å². The van der Waals surface area contributed by atoms with Gasteiger partial charge in [-0.3, -0.25) is 4.79 Å². The molecular weight excluding hydrogens is 264 g/mol. The summed E-state index contributed by atoms with van der Waals surface area (Å²) in [6, 6.07) is 0. The molecule has 16 heavy (non-hydrogen) atoms. The van der Waals surface area contributed by atoms with Crippen LogP contribution in [0.5, 0.6) is 0 Å². The first kappa shape index (κ1) is 14.0. The molecule has 0 fully saturated rings. The molecule has 0 aromatic carbocycles. The fourth-order valence-electron chi connectivity index (χ4n) is 2.08. The highest BCUT2D eigenvalue weighted by molar-refractivity contribution is 9.10. The molecule has 0 N–H and O–H groups in total. The summed E-state index contributed by atoms with van der Waals surface area (Å²) in [6.45, 7) is 0. The Morgan fingerprint density at radius 1 is 0.938 bits per heavy atom. The number of halogens is 1. The summed E-state index contributed by atoms with van der Waals surface area (Å²) >= 11 is 3.44. The van der Waals surface area contributed by atoms with E-state index < -0.39 is 0 Å². The zero-order chi connectivity index (χ0) is 11.6. The number of Topliss-reactive ketones (excluding diaryl/α,β-unsaturated/α-hetero) is 1. The first-order valence-corrected chi connectivity index (χ1v) is 7.56. The van der Waals surface area contributed by atoms with Gasteiger partial charge in [0.2, 0.25) is 0 Å². The molecule has 0 aliphatic heterocycles. The summed E-state index contributed by atoms with van der Waals surface area (Å²) in [5, 5.41) is 0. The first-order valence-electron chi connectivity index (χ1n) is 6.64. The zero-order valence-electron chi connectivity index (χ0n) is 10.1. The van der Waals surface area contributed by atoms with E-state index in [1.807, 2.05) is 6.08 Å². The van der Waals surface area contributed by atoms with Gasteiger partial charge in [0.15, 0.2) is 0 Å². The van der Waals surface area contributed by atoms with Gasteiger partial charge in [-0.25, -0.2) is 0 Å². The van der Waals surface area contributed by atoms with Gasteiger partial charge in [-0.15, -0.1) is 0 Å². The molecule has 0 saturated heterocycles. The SMILES string of the molecule is O=C1CCCCCCCCCC/C=C/[C@@H]1Br. The van der Waals surface area contributed by atoms with Gasteiger partial charge in [0.05, 0.1) is 4.83 Å². The van der Waals surface area contributed by atoms with Crippen LogP contribution in [0.2, 0.25) is 0 Å². The molecule has 1 aliphatic carbocycles. The van der Waals surface area contributed by atoms with Crippen LogP contribution < -0.4 is 0 Å². The van der Waals surface area contributed by atoms with Crippen LogP contribution in [0.1, 0.15) is 64.2 Å². The standard InChI is InChI=1S/C14H23BrO/c15-13-11-9-7-5-3-1-2-4-6-8-10-12-14(13)16/h9,11,13H,1-8,10,12H2/b11-9+/t13-/m0/s1. The second kappa shape index (κ2) is 8.98. The number of ketones is 1. The predicted octanol–water partition coefficient (Wildman–Crippen LogP) is 4.79. The fraction of sp³-hybridized carbons (Fsp3) is 0.786. The highest BCUT2D eigenvalue weighted by Gasteiger charge is 2.10. The van der Waals surface area contributed by atoms with Crippen molar-refractivity contribution in [2.24, 2.45) is 0 Å². The molecule has 0 aromatic rings. The zero-order valence-corrected chi connectivity index (χ0v) is 11.7. The van der Waals surface area contributed by atoms with Gasteiger partial charge in [0, 0.05) is 6.42 Å². The molecule has 0 radical (unpaired) electrons. The Hall–Kier alpha value is -0.110. The van der Waals surface area contributed by atoms with Crippen molar-refractivity contribution in [3.63, 3.8) is 0 Å². The Labute approximate surface area is 108 Å². The van der Waals surface area contributed by atoms with E-state index in [1.54, 1.807) is 0 Å². The summed E-state index contributed by atoms with van der Waals surface area (Å²) < 4.78 is 0. The number of hydrogen-bond donors (Lipinski definition) is 0. The first-order chi connectivity index (χ1) is 7.80. The molecule has 0 heterocycles. The van der Waals surface area contributed by atoms with Crippen molar-refractivity contribution in [3.8, 4) is 0 Å². The molecule has 0 aromatic heterocycles. The summed E-state index contributed by atoms with van der Waals surface area (Å²) in [4.78, 5) is 11.6. The fourth-order valence-corrected chi connectivity index (χ4v) is 2.53. The summed E-state index contributed by atoms with van der Waals surface area (Å²) in [5.41, 5.74) is 0. The molecule has 1 nitrogen and oxygen atoms in total. The summed E-state index contributed by atoms with van der Waals surface area (Å²) in [7, 11) is 0. The van der Waals surface area contributed by atoms with Gasteiger partial charge in [-0.05, 0) is 19.3 Å². The smallest absolute Gasteiger partial charge is 0.150 e. The number of allylic oxidation sites excluding steroid dienone is 2. The molecule has 1 atom stereocenters. The van der Waals surface area contributed by atoms with Crippen LogP contribution >= 0.6 is 15.9 Å². The number of carbonyl (C=O) groups is 1. The lowest BCUT2D eigenvalue weighted by Gasteiger charge is -2.06. The van der Waals surface area contributed by atoms with E-state index in [2.05, 4.69) is 22.0 Å². The second-order valence-corrected chi connectivity index (χ2v) is 5.65. The summed E-state index contributed by atoms with van der Waals surface area (Å²) in [6.07, 6.45) is 16.3. The van der Waals surface area contributed by atoms with Crippen molar-refractivity contribution in [1.82, 2.24) is 0 Å². The average molecular weight is 287 g/mol. The Kier molecular flexibility index (Phi) is 7.83. The maximum Gasteiger partial charge on any atom is 0.150 e. The third kappa shape index (κ3) is 6.47. The van der Waals surface area contributed by atoms with Gasteiger partial charge < -0.3 is 0 Å². The van der Waals surface area contributed by atoms with Gasteiger partial charge in [-0.2, -0.15) is 0 Å². The third-order valence-electron chi connectivity index (χ3n) is 3.16. The molecule has 1 rings (SSSR count). The normalized spacial score (nSPS) is 28.3. The Morgan fingerprint density at radius 3 is 2.19 bits per heavy atom. The van der Waals surface area contributed by atoms with Crippen LogP contribution in [0.15, 0.2) is 12.2 Å². The molecule has 92 valence electrons. The van der Waals surface area contributed by atoms with Crippen LogP contribution in [0.3, 0.4) is 0 Å². The van der Waals surface area contributed by atoms with E-state index in [9.17, 15) is 4.79 Å². The van der Waals surface area contributed by atoms with E-state index >= 15 is 0 Å². The molecule has 0 unspecified atom stereocenters. The minimum Gasteiger partial charge on any atom is -0.298 e. The Bertz CT molecular complexity index is 223. The predicted molar refractivity (Wildman–Crippen MR) is 73.0 cm³/mol. The monoisotopic (exact) mass is 286 g/mol. The molecule has 0 bridgehead atoms. The van der Waals surface area contributed by atoms with Crippen LogP contribution in [-0.2, 0) is 4.79 Å². The molecule has 1 aliphatic rings. The molecular formula is C14H23BrO. The third-order valence-corrected chi connectivity index (χ3v) is 3.97. The van der Waals surface area contributed by atoms with Crippen molar-refractivity contribution < 1.29 is 4.79 Å². The van der Waals surface area contributed by atoms with Crippen molar-refractivity contribution in [3.05, 3.63) is 12.2 Å². The maximum atomic E-state index is 11.7. The van der Waals surface area contributed by atoms with Crippen LogP contribution in [-0.4, -0.2) is 10.6 Å². The largest absolute Gasteiger partial charge is 0.298 e. The maximum absolute atomic E-state index is 11.7. The van der Waals surface area contributed by atoms with Crippen LogP contribution in [0.4, 0.5) is 0 Å². The molecule has 0 saturated carbocycles. The van der Waals surface area contributed by atoms with E-state index in [0.29, 0.717) is 5.78 Å². The lowest BCUT2D eigenvalue weighted by molar-refractivity contribution is -0.117. The van der Waals surface area contributed by atoms with Crippen LogP contribution in [0, 0.1) is 0 Å². The Morgan fingerprint density at radius 2 is 1.50 bits per heavy atom. The molecule has 0 spiro atoms. The van der Waals surface area contributed by atoms with Gasteiger partial charge in [0.1, 0.15) is 5.78 Å². The van der Waals surface area contributed by atoms with Gasteiger partial charge >= 0.3 is 0 Å². The van der Waals surface area contributed by atoms with Crippen molar-refractivity contribution in [1.29, 1.82) is 0 Å². The molecule has 2 heteroatoms. The summed E-state index contributed by atoms with van der Waals surface area (Å²) in [5.74, 6) is 0.341. The highest BCUT2D eigenvalue weighted by Crippen LogP contribution is 2.15. The van der Waals surface area contributed by atoms with E-state index in [-0.39, 0.29) is 4.83 Å². The lowest BCUT2D eigenvalue weighted by Crippen LogP contribution is -2.10. The molecule has 0 amide bonds. The second-order valence-electron chi connectivity index (χ2n) is 4.66. The number of carbonyl (C=O) groups excluding carboxylic acids is 1. The van der Waals surface area contributed by atoms with E-state index in [0.717, 1.165) is 19.3 Å². The van der Waals surface area contributed by atoms with Gasteiger partial charge in [-0.1, -0.05) is 66.6 Å². The number of hydrogen-bond acceptors (Lipinski definition) is 1. The average Bonchev–Trinajstić information content (AvgIpc) is 2.29. The topological polar surface area (TPSA) is 17.1 Å². The van der Waals surface area contributed by atoms with Crippen molar-refractivity contribution >= 4 is 21.7 Å². The highest BCUT2D eigenvalue weighted by atomic mass is 79.9. The minimum atomic E-state index is -0.0459. The van der Waals surface area contributed by atoms with E-state index in [1.165, 1.54) is 44.9 Å². The van der Waals surface area contributed by atoms with Crippen molar-refractivity contribution in [2.75, 3.05) is 0 Å². The lowest BCUT2D eigenvalue weighted by atomic mass is 10.0. The Balaban J connectivity index is 2.34. The van der Waals surface area contributed by atoms with E-state index in [4.69, 9.17) is 0 Å². The number of alkyl halides is 1. The number of rotatable bonds is 0.